The van der Waals surface area contributed by atoms with E-state index in [9.17, 15) is 23.2 Å². The summed E-state index contributed by atoms with van der Waals surface area (Å²) < 4.78 is 28.7. The number of hydrogen-bond acceptors (Lipinski definition) is 6. The van der Waals surface area contributed by atoms with Crippen LogP contribution in [0.2, 0.25) is 0 Å². The van der Waals surface area contributed by atoms with Crippen molar-refractivity contribution in [1.82, 2.24) is 24.8 Å². The van der Waals surface area contributed by atoms with Crippen molar-refractivity contribution in [2.75, 3.05) is 38.1 Å². The molecule has 0 radical (unpaired) electrons. The Kier molecular flexibility index (Phi) is 6.97. The number of aryl methyl sites for hydroxylation is 1. The predicted octanol–water partition coefficient (Wildman–Crippen LogP) is 2.03. The van der Waals surface area contributed by atoms with Crippen LogP contribution in [0, 0.1) is 6.92 Å². The summed E-state index contributed by atoms with van der Waals surface area (Å²) in [5.41, 5.74) is 0.894. The normalized spacial score (nSPS) is 14.6. The minimum absolute atomic E-state index is 0.0942. The largest absolute Gasteiger partial charge is 0.367 e. The Morgan fingerprint density at radius 2 is 1.89 bits per heavy atom. The van der Waals surface area contributed by atoms with Crippen LogP contribution in [0.5, 0.6) is 0 Å². The molecular weight excluding hydrogens is 458 g/mol. The smallest absolute Gasteiger partial charge is 0.328 e. The number of alkyl halides is 2. The highest BCUT2D eigenvalue weighted by Gasteiger charge is 2.24. The van der Waals surface area contributed by atoms with Crippen LogP contribution in [0.25, 0.3) is 10.9 Å². The molecule has 0 saturated carbocycles. The van der Waals surface area contributed by atoms with Crippen LogP contribution in [0.3, 0.4) is 0 Å². The lowest BCUT2D eigenvalue weighted by Crippen LogP contribution is -2.46. The van der Waals surface area contributed by atoms with Gasteiger partial charge in [-0.25, -0.2) is 18.6 Å². The number of amides is 1. The number of aromatic amines is 1. The van der Waals surface area contributed by atoms with E-state index in [0.29, 0.717) is 44.0 Å². The molecule has 2 aromatic heterocycles. The third kappa shape index (κ3) is 4.81. The van der Waals surface area contributed by atoms with Crippen molar-refractivity contribution in [3.63, 3.8) is 0 Å². The fourth-order valence-corrected chi connectivity index (χ4v) is 4.52. The number of anilines is 1. The van der Waals surface area contributed by atoms with E-state index in [1.165, 1.54) is 6.07 Å². The Balaban J connectivity index is 1.57. The molecule has 0 spiro atoms. The standard InChI is InChI=1S/C24H28F2N6O3/c1-4-32-23(34)19-16(21(25)26)11-15(12-17(19)29-24(32)35)13-30-7-9-31(10-8-30)18-6-5-14(2)28-20(18)22(33)27-3/h5-6,11-12,21H,4,7-10,13H2,1-3H3,(H,27,33)(H,29,35). The van der Waals surface area contributed by atoms with Gasteiger partial charge in [-0.15, -0.1) is 0 Å². The molecule has 0 unspecified atom stereocenters. The first kappa shape index (κ1) is 24.5. The quantitative estimate of drug-likeness (QED) is 0.553. The van der Waals surface area contributed by atoms with Crippen LogP contribution < -0.4 is 21.5 Å². The zero-order chi connectivity index (χ0) is 25.3. The second-order valence-electron chi connectivity index (χ2n) is 8.55. The van der Waals surface area contributed by atoms with E-state index in [0.717, 1.165) is 15.9 Å². The van der Waals surface area contributed by atoms with E-state index in [1.54, 1.807) is 20.0 Å². The minimum Gasteiger partial charge on any atom is -0.367 e. The molecule has 186 valence electrons. The van der Waals surface area contributed by atoms with Gasteiger partial charge in [-0.1, -0.05) is 0 Å². The van der Waals surface area contributed by atoms with E-state index < -0.39 is 17.7 Å². The Labute approximate surface area is 200 Å². The Morgan fingerprint density at radius 1 is 1.17 bits per heavy atom. The van der Waals surface area contributed by atoms with Gasteiger partial charge in [0.15, 0.2) is 5.69 Å². The number of pyridine rings is 1. The average Bonchev–Trinajstić information content (AvgIpc) is 2.83. The van der Waals surface area contributed by atoms with Gasteiger partial charge < -0.3 is 15.2 Å². The third-order valence-electron chi connectivity index (χ3n) is 6.30. The fraction of sp³-hybridized carbons (Fsp3) is 0.417. The number of aromatic nitrogens is 3. The number of rotatable bonds is 6. The lowest BCUT2D eigenvalue weighted by Gasteiger charge is -2.36. The molecule has 2 N–H and O–H groups in total. The van der Waals surface area contributed by atoms with Crippen molar-refractivity contribution in [1.29, 1.82) is 0 Å². The predicted molar refractivity (Wildman–Crippen MR) is 129 cm³/mol. The molecular formula is C24H28F2N6O3. The van der Waals surface area contributed by atoms with Gasteiger partial charge in [0.25, 0.3) is 17.9 Å². The summed E-state index contributed by atoms with van der Waals surface area (Å²) in [6, 6.07) is 6.71. The number of carbonyl (C=O) groups excluding carboxylic acids is 1. The highest BCUT2D eigenvalue weighted by Crippen LogP contribution is 2.27. The van der Waals surface area contributed by atoms with E-state index >= 15 is 0 Å². The first-order chi connectivity index (χ1) is 16.7. The van der Waals surface area contributed by atoms with E-state index in [-0.39, 0.29) is 28.9 Å². The molecule has 0 aliphatic carbocycles. The molecule has 3 aromatic rings. The van der Waals surface area contributed by atoms with Crippen LogP contribution in [-0.4, -0.2) is 58.6 Å². The zero-order valence-electron chi connectivity index (χ0n) is 19.9. The van der Waals surface area contributed by atoms with E-state index in [1.807, 2.05) is 19.1 Å². The van der Waals surface area contributed by atoms with Gasteiger partial charge in [-0.05, 0) is 43.7 Å². The van der Waals surface area contributed by atoms with Crippen molar-refractivity contribution in [2.24, 2.45) is 0 Å². The number of hydrogen-bond donors (Lipinski definition) is 2. The molecule has 1 amide bonds. The number of benzene rings is 1. The maximum atomic E-state index is 13.9. The summed E-state index contributed by atoms with van der Waals surface area (Å²) >= 11 is 0. The summed E-state index contributed by atoms with van der Waals surface area (Å²) in [4.78, 5) is 48.3. The van der Waals surface area contributed by atoms with Crippen LogP contribution in [-0.2, 0) is 13.1 Å². The van der Waals surface area contributed by atoms with Gasteiger partial charge in [0.05, 0.1) is 16.6 Å². The van der Waals surface area contributed by atoms with Crippen molar-refractivity contribution in [3.05, 3.63) is 67.6 Å². The highest BCUT2D eigenvalue weighted by atomic mass is 19.3. The van der Waals surface area contributed by atoms with Gasteiger partial charge in [0.2, 0.25) is 0 Å². The molecule has 1 aliphatic rings. The summed E-state index contributed by atoms with van der Waals surface area (Å²) in [5, 5.41) is 2.48. The summed E-state index contributed by atoms with van der Waals surface area (Å²) in [6.07, 6.45) is -2.85. The SMILES string of the molecule is CCn1c(=O)[nH]c2cc(CN3CCN(c4ccc(C)nc4C(=O)NC)CC3)cc(C(F)F)c2c1=O. The Hall–Kier alpha value is -3.60. The maximum absolute atomic E-state index is 13.9. The van der Waals surface area contributed by atoms with Gasteiger partial charge in [-0.3, -0.25) is 19.1 Å². The number of fused-ring (bicyclic) bond motifs is 1. The molecule has 1 fully saturated rings. The lowest BCUT2D eigenvalue weighted by atomic mass is 10.0. The molecule has 35 heavy (non-hydrogen) atoms. The van der Waals surface area contributed by atoms with Crippen LogP contribution in [0.1, 0.15) is 40.7 Å². The third-order valence-corrected chi connectivity index (χ3v) is 6.30. The van der Waals surface area contributed by atoms with Crippen molar-refractivity contribution >= 4 is 22.5 Å². The lowest BCUT2D eigenvalue weighted by molar-refractivity contribution is 0.0958. The molecule has 1 aromatic carbocycles. The Morgan fingerprint density at radius 3 is 2.51 bits per heavy atom. The summed E-state index contributed by atoms with van der Waals surface area (Å²) in [7, 11) is 1.57. The maximum Gasteiger partial charge on any atom is 0.328 e. The molecule has 9 nitrogen and oxygen atoms in total. The summed E-state index contributed by atoms with van der Waals surface area (Å²) in [5.74, 6) is -0.252. The molecule has 1 saturated heterocycles. The van der Waals surface area contributed by atoms with E-state index in [2.05, 4.69) is 25.1 Å². The number of piperazine rings is 1. The van der Waals surface area contributed by atoms with Crippen molar-refractivity contribution in [3.8, 4) is 0 Å². The second kappa shape index (κ2) is 9.95. The molecule has 1 aliphatic heterocycles. The number of nitrogens with zero attached hydrogens (tertiary/aromatic N) is 4. The fourth-order valence-electron chi connectivity index (χ4n) is 4.52. The minimum atomic E-state index is -2.85. The summed E-state index contributed by atoms with van der Waals surface area (Å²) in [6.45, 7) is 6.45. The number of H-pyrrole nitrogens is 1. The number of carbonyl (C=O) groups is 1. The Bertz CT molecular complexity index is 1380. The van der Waals surface area contributed by atoms with Crippen LogP contribution in [0.15, 0.2) is 33.9 Å². The number of nitrogens with one attached hydrogen (secondary N) is 2. The van der Waals surface area contributed by atoms with E-state index in [4.69, 9.17) is 0 Å². The van der Waals surface area contributed by atoms with Gasteiger partial charge in [0, 0.05) is 57.6 Å². The first-order valence-electron chi connectivity index (χ1n) is 11.5. The average molecular weight is 487 g/mol. The van der Waals surface area contributed by atoms with Crippen molar-refractivity contribution < 1.29 is 13.6 Å². The van der Waals surface area contributed by atoms with Crippen LogP contribution in [0.4, 0.5) is 14.5 Å². The molecule has 0 atom stereocenters. The second-order valence-corrected chi connectivity index (χ2v) is 8.55. The monoisotopic (exact) mass is 486 g/mol. The zero-order valence-corrected chi connectivity index (χ0v) is 19.9. The van der Waals surface area contributed by atoms with Gasteiger partial charge in [-0.2, -0.15) is 0 Å². The van der Waals surface area contributed by atoms with Crippen molar-refractivity contribution in [2.45, 2.75) is 33.4 Å². The molecule has 4 rings (SSSR count). The highest BCUT2D eigenvalue weighted by molar-refractivity contribution is 5.97. The van der Waals surface area contributed by atoms with Gasteiger partial charge in [0.1, 0.15) is 0 Å². The van der Waals surface area contributed by atoms with Crippen LogP contribution >= 0.6 is 0 Å². The molecule has 0 bridgehead atoms. The first-order valence-corrected chi connectivity index (χ1v) is 11.5. The molecule has 11 heteroatoms. The number of halogens is 2. The van der Waals surface area contributed by atoms with Gasteiger partial charge >= 0.3 is 5.69 Å². The molecule has 3 heterocycles. The topological polar surface area (TPSA) is 103 Å².